The van der Waals surface area contributed by atoms with Gasteiger partial charge in [0.25, 0.3) is 11.8 Å². The topological polar surface area (TPSA) is 126 Å². The number of nitrogens with two attached hydrogens (primary N) is 1. The first kappa shape index (κ1) is 15.0. The number of hydrazone groups is 1. The number of aromatic nitrogens is 2. The Kier molecular flexibility index (Phi) is 4.20. The van der Waals surface area contributed by atoms with Crippen LogP contribution in [0.5, 0.6) is 0 Å². The Morgan fingerprint density at radius 3 is 2.78 bits per heavy atom. The van der Waals surface area contributed by atoms with Crippen LogP contribution in [0.15, 0.2) is 46.5 Å². The number of hydrogen-bond acceptors (Lipinski definition) is 6. The number of aliphatic imine (C=N–C) groups is 1. The molecule has 0 spiro atoms. The largest absolute Gasteiger partial charge is 0.364 e. The second-order valence-electron chi connectivity index (χ2n) is 4.57. The highest BCUT2D eigenvalue weighted by atomic mass is 32.2. The number of thioether (sulfide) groups is 1. The van der Waals surface area contributed by atoms with Gasteiger partial charge in [0.15, 0.2) is 11.5 Å². The molecule has 1 aromatic heterocycles. The van der Waals surface area contributed by atoms with Gasteiger partial charge in [-0.3, -0.25) is 20.1 Å². The highest BCUT2D eigenvalue weighted by Crippen LogP contribution is 2.19. The van der Waals surface area contributed by atoms with Crippen LogP contribution in [0.2, 0.25) is 0 Å². The van der Waals surface area contributed by atoms with Crippen molar-refractivity contribution in [1.82, 2.24) is 10.2 Å². The Balaban J connectivity index is 1.78. The number of carbonyl (C=O) groups is 2. The zero-order valence-electron chi connectivity index (χ0n) is 11.8. The number of carbonyl (C=O) groups excluding carboxylic acids is 2. The molecule has 2 heterocycles. The Hall–Kier alpha value is -2.94. The minimum absolute atomic E-state index is 0.0925. The summed E-state index contributed by atoms with van der Waals surface area (Å²) < 4.78 is 0. The second kappa shape index (κ2) is 6.44. The summed E-state index contributed by atoms with van der Waals surface area (Å²) >= 11 is 1.12. The van der Waals surface area contributed by atoms with E-state index in [0.717, 1.165) is 23.0 Å². The van der Waals surface area contributed by atoms with Crippen molar-refractivity contribution in [2.45, 2.75) is 0 Å². The van der Waals surface area contributed by atoms with E-state index in [1.165, 1.54) is 0 Å². The van der Waals surface area contributed by atoms with Crippen molar-refractivity contribution < 1.29 is 9.59 Å². The molecule has 116 valence electrons. The minimum Gasteiger partial charge on any atom is -0.364 e. The average molecular weight is 328 g/mol. The van der Waals surface area contributed by atoms with Crippen molar-refractivity contribution in [1.29, 1.82) is 0 Å². The van der Waals surface area contributed by atoms with Crippen LogP contribution in [-0.4, -0.2) is 38.5 Å². The first-order valence-electron chi connectivity index (χ1n) is 6.62. The summed E-state index contributed by atoms with van der Waals surface area (Å²) in [5.74, 6) is -0.484. The van der Waals surface area contributed by atoms with E-state index < -0.39 is 5.91 Å². The summed E-state index contributed by atoms with van der Waals surface area (Å²) in [6, 6.07) is 11.4. The average Bonchev–Trinajstić information content (AvgIpc) is 3.18. The Morgan fingerprint density at radius 2 is 2.13 bits per heavy atom. The third-order valence-corrected chi connectivity index (χ3v) is 3.89. The molecule has 1 aromatic carbocycles. The van der Waals surface area contributed by atoms with Crippen LogP contribution in [-0.2, 0) is 9.59 Å². The van der Waals surface area contributed by atoms with E-state index in [1.807, 2.05) is 30.3 Å². The molecule has 0 bridgehead atoms. The summed E-state index contributed by atoms with van der Waals surface area (Å²) in [6.45, 7) is 0. The maximum Gasteiger partial charge on any atom is 0.271 e. The molecule has 3 rings (SSSR count). The second-order valence-corrected chi connectivity index (χ2v) is 5.53. The number of hydrogen-bond donors (Lipinski definition) is 3. The van der Waals surface area contributed by atoms with Gasteiger partial charge < -0.3 is 5.73 Å². The highest BCUT2D eigenvalue weighted by molar-refractivity contribution is 8.17. The van der Waals surface area contributed by atoms with Crippen molar-refractivity contribution in [3.8, 4) is 11.3 Å². The highest BCUT2D eigenvalue weighted by Gasteiger charge is 2.23. The number of primary amides is 1. The number of amides is 2. The van der Waals surface area contributed by atoms with Crippen LogP contribution in [0.3, 0.4) is 0 Å². The normalized spacial score (nSPS) is 14.7. The van der Waals surface area contributed by atoms with Crippen molar-refractivity contribution in [2.24, 2.45) is 15.8 Å². The third kappa shape index (κ3) is 3.46. The van der Waals surface area contributed by atoms with Gasteiger partial charge in [0.1, 0.15) is 5.04 Å². The Bertz CT molecular complexity index is 812. The fraction of sp³-hybridized carbons (Fsp3) is 0.0714. The number of aromatic amines is 1. The molecule has 9 heteroatoms. The molecule has 0 atom stereocenters. The van der Waals surface area contributed by atoms with E-state index in [0.29, 0.717) is 5.82 Å². The molecule has 4 N–H and O–H groups in total. The SMILES string of the molecule is NC(=O)/C(=N\Nc1cc(-c2ccccc2)[nH]n1)C1=NC(=O)CS1. The summed E-state index contributed by atoms with van der Waals surface area (Å²) in [7, 11) is 0. The lowest BCUT2D eigenvalue weighted by atomic mass is 10.2. The van der Waals surface area contributed by atoms with Gasteiger partial charge in [-0.2, -0.15) is 10.2 Å². The molecule has 23 heavy (non-hydrogen) atoms. The first-order chi connectivity index (χ1) is 11.1. The van der Waals surface area contributed by atoms with E-state index in [-0.39, 0.29) is 22.4 Å². The standard InChI is InChI=1S/C14H12N6O2S/c15-13(22)12(14-16-11(21)7-23-14)20-19-10-6-9(17-18-10)8-4-2-1-3-5-8/h1-6H,7H2,(H2,15,22)(H2,17,18,19)/b20-12+. The monoisotopic (exact) mass is 328 g/mol. The molecule has 2 amide bonds. The van der Waals surface area contributed by atoms with Crippen LogP contribution >= 0.6 is 11.8 Å². The number of nitrogens with one attached hydrogen (secondary N) is 2. The Labute approximate surface area is 135 Å². The molecule has 8 nitrogen and oxygen atoms in total. The molecule has 0 saturated heterocycles. The van der Waals surface area contributed by atoms with Gasteiger partial charge in [-0.1, -0.05) is 42.1 Å². The Morgan fingerprint density at radius 1 is 1.35 bits per heavy atom. The summed E-state index contributed by atoms with van der Waals surface area (Å²) in [5, 5.41) is 11.1. The minimum atomic E-state index is -0.766. The summed E-state index contributed by atoms with van der Waals surface area (Å²) in [6.07, 6.45) is 0. The van der Waals surface area contributed by atoms with Crippen LogP contribution in [0.25, 0.3) is 11.3 Å². The predicted molar refractivity (Wildman–Crippen MR) is 89.2 cm³/mol. The fourth-order valence-electron chi connectivity index (χ4n) is 1.90. The lowest BCUT2D eigenvalue weighted by Crippen LogP contribution is -2.29. The number of anilines is 1. The molecule has 0 unspecified atom stereocenters. The van der Waals surface area contributed by atoms with E-state index in [9.17, 15) is 9.59 Å². The zero-order valence-corrected chi connectivity index (χ0v) is 12.6. The summed E-state index contributed by atoms with van der Waals surface area (Å²) in [4.78, 5) is 26.3. The van der Waals surface area contributed by atoms with E-state index in [2.05, 4.69) is 25.7 Å². The smallest absolute Gasteiger partial charge is 0.271 e. The number of benzene rings is 1. The van der Waals surface area contributed by atoms with E-state index in [1.54, 1.807) is 6.07 Å². The summed E-state index contributed by atoms with van der Waals surface area (Å²) in [5.41, 5.74) is 9.60. The fourth-order valence-corrected chi connectivity index (χ4v) is 2.67. The maximum atomic E-state index is 11.5. The third-order valence-electron chi connectivity index (χ3n) is 2.94. The molecule has 0 aliphatic carbocycles. The van der Waals surface area contributed by atoms with E-state index >= 15 is 0 Å². The van der Waals surface area contributed by atoms with Crippen molar-refractivity contribution in [2.75, 3.05) is 11.2 Å². The van der Waals surface area contributed by atoms with Gasteiger partial charge in [-0.25, -0.2) is 4.99 Å². The molecule has 1 aliphatic heterocycles. The number of H-pyrrole nitrogens is 1. The van der Waals surface area contributed by atoms with Gasteiger partial charge in [0.05, 0.1) is 11.4 Å². The molecule has 1 aliphatic rings. The number of rotatable bonds is 5. The maximum absolute atomic E-state index is 11.5. The lowest BCUT2D eigenvalue weighted by molar-refractivity contribution is -0.115. The molecule has 0 radical (unpaired) electrons. The van der Waals surface area contributed by atoms with Crippen molar-refractivity contribution in [3.05, 3.63) is 36.4 Å². The van der Waals surface area contributed by atoms with Crippen LogP contribution in [0.4, 0.5) is 5.82 Å². The zero-order chi connectivity index (χ0) is 16.2. The molecular formula is C14H12N6O2S. The van der Waals surface area contributed by atoms with Gasteiger partial charge in [0, 0.05) is 6.07 Å². The predicted octanol–water partition coefficient (Wildman–Crippen LogP) is 1.00. The molecular weight excluding hydrogens is 316 g/mol. The quantitative estimate of drug-likeness (QED) is 0.557. The molecule has 0 fully saturated rings. The first-order valence-corrected chi connectivity index (χ1v) is 7.61. The van der Waals surface area contributed by atoms with Crippen LogP contribution in [0.1, 0.15) is 0 Å². The van der Waals surface area contributed by atoms with Gasteiger partial charge in [0.2, 0.25) is 0 Å². The van der Waals surface area contributed by atoms with Gasteiger partial charge >= 0.3 is 0 Å². The molecule has 0 saturated carbocycles. The van der Waals surface area contributed by atoms with Crippen LogP contribution in [0, 0.1) is 0 Å². The van der Waals surface area contributed by atoms with Crippen molar-refractivity contribution >= 4 is 40.1 Å². The van der Waals surface area contributed by atoms with Gasteiger partial charge in [-0.05, 0) is 5.56 Å². The van der Waals surface area contributed by atoms with Gasteiger partial charge in [-0.15, -0.1) is 0 Å². The number of nitrogens with zero attached hydrogens (tertiary/aromatic N) is 3. The van der Waals surface area contributed by atoms with Crippen molar-refractivity contribution in [3.63, 3.8) is 0 Å². The van der Waals surface area contributed by atoms with E-state index in [4.69, 9.17) is 5.73 Å². The van der Waals surface area contributed by atoms with Crippen LogP contribution < -0.4 is 11.2 Å². The lowest BCUT2D eigenvalue weighted by Gasteiger charge is -2.00. The molecule has 2 aromatic rings.